The number of hydrogen-bond acceptors (Lipinski definition) is 1. The first kappa shape index (κ1) is 12.4. The number of halogens is 3. The van der Waals surface area contributed by atoms with E-state index in [0.717, 1.165) is 4.90 Å². The van der Waals surface area contributed by atoms with Crippen molar-refractivity contribution >= 4 is 23.4 Å². The van der Waals surface area contributed by atoms with Crippen LogP contribution >= 0.6 is 23.4 Å². The Balaban J connectivity index is 2.08. The van der Waals surface area contributed by atoms with Crippen molar-refractivity contribution in [2.24, 2.45) is 0 Å². The largest absolute Gasteiger partial charge is 0.207 e. The van der Waals surface area contributed by atoms with Crippen molar-refractivity contribution in [2.45, 2.75) is 10.6 Å². The lowest BCUT2D eigenvalue weighted by atomic mass is 10.2. The van der Waals surface area contributed by atoms with Gasteiger partial charge in [-0.1, -0.05) is 29.8 Å². The van der Waals surface area contributed by atoms with Gasteiger partial charge in [-0.15, -0.1) is 11.8 Å². The van der Waals surface area contributed by atoms with E-state index in [1.807, 2.05) is 0 Å². The van der Waals surface area contributed by atoms with E-state index in [1.54, 1.807) is 30.3 Å². The fourth-order valence-electron chi connectivity index (χ4n) is 1.34. The average molecular weight is 271 g/mol. The van der Waals surface area contributed by atoms with E-state index in [-0.39, 0.29) is 10.8 Å². The molecular weight excluding hydrogens is 262 g/mol. The fraction of sp³-hybridized carbons (Fsp3) is 0.0769. The molecule has 0 saturated heterocycles. The third kappa shape index (κ3) is 3.20. The summed E-state index contributed by atoms with van der Waals surface area (Å²) in [7, 11) is 0. The van der Waals surface area contributed by atoms with Crippen LogP contribution in [0.3, 0.4) is 0 Å². The Kier molecular flexibility index (Phi) is 4.02. The first-order chi connectivity index (χ1) is 8.16. The van der Waals surface area contributed by atoms with Crippen LogP contribution in [0.5, 0.6) is 0 Å². The molecule has 0 aliphatic heterocycles. The molecule has 0 bridgehead atoms. The smallest absolute Gasteiger partial charge is 0.141 e. The lowest BCUT2D eigenvalue weighted by molar-refractivity contribution is 0.617. The van der Waals surface area contributed by atoms with E-state index in [9.17, 15) is 8.78 Å². The summed E-state index contributed by atoms with van der Waals surface area (Å²) in [6.45, 7) is 0. The van der Waals surface area contributed by atoms with E-state index in [0.29, 0.717) is 11.3 Å². The Morgan fingerprint density at radius 3 is 2.47 bits per heavy atom. The van der Waals surface area contributed by atoms with Gasteiger partial charge in [0, 0.05) is 10.6 Å². The summed E-state index contributed by atoms with van der Waals surface area (Å²) in [4.78, 5) is 0.819. The Morgan fingerprint density at radius 2 is 1.76 bits per heavy atom. The van der Waals surface area contributed by atoms with Gasteiger partial charge >= 0.3 is 0 Å². The third-order valence-corrected chi connectivity index (χ3v) is 3.58. The molecule has 0 nitrogen and oxygen atoms in total. The van der Waals surface area contributed by atoms with Gasteiger partial charge in [0.2, 0.25) is 0 Å². The highest BCUT2D eigenvalue weighted by Crippen LogP contribution is 2.27. The zero-order valence-corrected chi connectivity index (χ0v) is 10.4. The molecular formula is C13H9ClF2S. The van der Waals surface area contributed by atoms with E-state index >= 15 is 0 Å². The van der Waals surface area contributed by atoms with Crippen LogP contribution in [0.25, 0.3) is 0 Å². The molecule has 0 atom stereocenters. The molecule has 0 heterocycles. The molecule has 0 N–H and O–H groups in total. The van der Waals surface area contributed by atoms with Gasteiger partial charge in [0.05, 0.1) is 5.02 Å². The second-order valence-electron chi connectivity index (χ2n) is 3.46. The van der Waals surface area contributed by atoms with Crippen molar-refractivity contribution in [3.8, 4) is 0 Å². The topological polar surface area (TPSA) is 0 Å². The van der Waals surface area contributed by atoms with E-state index in [4.69, 9.17) is 11.6 Å². The normalized spacial score (nSPS) is 10.5. The molecule has 88 valence electrons. The van der Waals surface area contributed by atoms with Gasteiger partial charge in [0.1, 0.15) is 11.6 Å². The number of hydrogen-bond donors (Lipinski definition) is 0. The van der Waals surface area contributed by atoms with Crippen LogP contribution in [0.1, 0.15) is 5.56 Å². The second-order valence-corrected chi connectivity index (χ2v) is 4.91. The van der Waals surface area contributed by atoms with Crippen LogP contribution in [0.15, 0.2) is 47.4 Å². The van der Waals surface area contributed by atoms with Crippen molar-refractivity contribution in [3.05, 3.63) is 64.7 Å². The molecule has 0 spiro atoms. The molecule has 0 saturated carbocycles. The van der Waals surface area contributed by atoms with Crippen molar-refractivity contribution in [2.75, 3.05) is 0 Å². The summed E-state index contributed by atoms with van der Waals surface area (Å²) in [5, 5.41) is 0.0866. The minimum atomic E-state index is -0.443. The molecule has 0 amide bonds. The van der Waals surface area contributed by atoms with Crippen LogP contribution in [-0.2, 0) is 5.75 Å². The molecule has 0 fully saturated rings. The number of thioether (sulfide) groups is 1. The quantitative estimate of drug-likeness (QED) is 0.714. The van der Waals surface area contributed by atoms with Gasteiger partial charge in [-0.05, 0) is 29.8 Å². The van der Waals surface area contributed by atoms with Gasteiger partial charge in [-0.2, -0.15) is 0 Å². The van der Waals surface area contributed by atoms with E-state index in [2.05, 4.69) is 0 Å². The Bertz CT molecular complexity index is 529. The van der Waals surface area contributed by atoms with Crippen LogP contribution in [0.2, 0.25) is 5.02 Å². The summed E-state index contributed by atoms with van der Waals surface area (Å²) < 4.78 is 26.3. The van der Waals surface area contributed by atoms with Gasteiger partial charge in [0.25, 0.3) is 0 Å². The van der Waals surface area contributed by atoms with Crippen molar-refractivity contribution in [1.29, 1.82) is 0 Å². The molecule has 4 heteroatoms. The van der Waals surface area contributed by atoms with Crippen LogP contribution < -0.4 is 0 Å². The molecule has 2 rings (SSSR count). The molecule has 0 unspecified atom stereocenters. The maximum absolute atomic E-state index is 13.3. The number of benzene rings is 2. The van der Waals surface area contributed by atoms with Gasteiger partial charge in [-0.3, -0.25) is 0 Å². The highest BCUT2D eigenvalue weighted by Gasteiger charge is 2.04. The van der Waals surface area contributed by atoms with Gasteiger partial charge < -0.3 is 0 Å². The standard InChI is InChI=1S/C13H9ClF2S/c14-11-7-10(5-6-13(11)16)17-8-9-3-1-2-4-12(9)15/h1-7H,8H2. The molecule has 0 aliphatic carbocycles. The Morgan fingerprint density at radius 1 is 1.00 bits per heavy atom. The van der Waals surface area contributed by atoms with Crippen LogP contribution in [-0.4, -0.2) is 0 Å². The summed E-state index contributed by atoms with van der Waals surface area (Å²) in [5.41, 5.74) is 0.623. The lowest BCUT2D eigenvalue weighted by Gasteiger charge is -2.04. The summed E-state index contributed by atoms with van der Waals surface area (Å²) in [5.74, 6) is -0.177. The Hall–Kier alpha value is -1.06. The number of rotatable bonds is 3. The fourth-order valence-corrected chi connectivity index (χ4v) is 2.51. The first-order valence-electron chi connectivity index (χ1n) is 4.98. The summed E-state index contributed by atoms with van der Waals surface area (Å²) in [6, 6.07) is 11.1. The maximum atomic E-state index is 13.3. The monoisotopic (exact) mass is 270 g/mol. The Labute approximate surface area is 108 Å². The van der Waals surface area contributed by atoms with Gasteiger partial charge in [0.15, 0.2) is 0 Å². The SMILES string of the molecule is Fc1ccc(SCc2ccccc2F)cc1Cl. The highest BCUT2D eigenvalue weighted by molar-refractivity contribution is 7.98. The molecule has 2 aromatic carbocycles. The predicted molar refractivity (Wildman–Crippen MR) is 67.4 cm³/mol. The van der Waals surface area contributed by atoms with Gasteiger partial charge in [-0.25, -0.2) is 8.78 Å². The third-order valence-electron chi connectivity index (χ3n) is 2.24. The summed E-state index contributed by atoms with van der Waals surface area (Å²) in [6.07, 6.45) is 0. The minimum absolute atomic E-state index is 0.0866. The van der Waals surface area contributed by atoms with Crippen molar-refractivity contribution in [1.82, 2.24) is 0 Å². The molecule has 2 aromatic rings. The minimum Gasteiger partial charge on any atom is -0.207 e. The van der Waals surface area contributed by atoms with Crippen molar-refractivity contribution < 1.29 is 8.78 Å². The maximum Gasteiger partial charge on any atom is 0.141 e. The van der Waals surface area contributed by atoms with E-state index < -0.39 is 5.82 Å². The zero-order valence-electron chi connectivity index (χ0n) is 8.79. The molecule has 17 heavy (non-hydrogen) atoms. The van der Waals surface area contributed by atoms with E-state index in [1.165, 1.54) is 23.9 Å². The molecule has 0 aromatic heterocycles. The van der Waals surface area contributed by atoms with Crippen LogP contribution in [0, 0.1) is 11.6 Å². The highest BCUT2D eigenvalue weighted by atomic mass is 35.5. The molecule has 0 aliphatic rings. The lowest BCUT2D eigenvalue weighted by Crippen LogP contribution is -1.86. The predicted octanol–water partition coefficient (Wildman–Crippen LogP) is 4.91. The second kappa shape index (κ2) is 5.52. The summed E-state index contributed by atoms with van der Waals surface area (Å²) >= 11 is 7.08. The first-order valence-corrected chi connectivity index (χ1v) is 6.34. The molecule has 0 radical (unpaired) electrons. The zero-order chi connectivity index (χ0) is 12.3. The van der Waals surface area contributed by atoms with Crippen molar-refractivity contribution in [3.63, 3.8) is 0 Å². The average Bonchev–Trinajstić information content (AvgIpc) is 2.32. The van der Waals surface area contributed by atoms with Crippen LogP contribution in [0.4, 0.5) is 8.78 Å².